The number of halogens is 2. The molecule has 2 atom stereocenters. The molecule has 6 heteroatoms. The summed E-state index contributed by atoms with van der Waals surface area (Å²) in [5.41, 5.74) is 5.70. The summed E-state index contributed by atoms with van der Waals surface area (Å²) in [5, 5.41) is 2.96. The van der Waals surface area contributed by atoms with Gasteiger partial charge >= 0.3 is 0 Å². The van der Waals surface area contributed by atoms with Crippen LogP contribution in [0, 0.1) is 5.92 Å². The zero-order valence-corrected chi connectivity index (χ0v) is 13.9. The van der Waals surface area contributed by atoms with Crippen LogP contribution >= 0.6 is 24.8 Å². The van der Waals surface area contributed by atoms with Gasteiger partial charge in [-0.15, -0.1) is 24.8 Å². The van der Waals surface area contributed by atoms with Gasteiger partial charge in [0.2, 0.25) is 5.91 Å². The Balaban J connectivity index is 0. The molecule has 1 rings (SSSR count). The van der Waals surface area contributed by atoms with E-state index in [0.29, 0.717) is 0 Å². The minimum atomic E-state index is -0.105. The van der Waals surface area contributed by atoms with Crippen molar-refractivity contribution in [1.82, 2.24) is 10.2 Å². The average Bonchev–Trinajstić information content (AvgIpc) is 2.80. The maximum atomic E-state index is 11.7. The van der Waals surface area contributed by atoms with Crippen LogP contribution in [-0.4, -0.2) is 43.0 Å². The monoisotopic (exact) mass is 313 g/mol. The second kappa shape index (κ2) is 10.7. The molecule has 19 heavy (non-hydrogen) atoms. The van der Waals surface area contributed by atoms with E-state index in [0.717, 1.165) is 19.1 Å². The fourth-order valence-corrected chi connectivity index (χ4v) is 2.28. The van der Waals surface area contributed by atoms with E-state index < -0.39 is 0 Å². The van der Waals surface area contributed by atoms with Crippen LogP contribution in [-0.2, 0) is 4.79 Å². The minimum Gasteiger partial charge on any atom is -0.355 e. The minimum absolute atomic E-state index is 0. The van der Waals surface area contributed by atoms with Gasteiger partial charge in [0.1, 0.15) is 0 Å². The summed E-state index contributed by atoms with van der Waals surface area (Å²) in [4.78, 5) is 14.0. The number of carbonyl (C=O) groups excluding carboxylic acids is 1. The summed E-state index contributed by atoms with van der Waals surface area (Å²) in [5.74, 6) is -0.0355. The lowest BCUT2D eigenvalue weighted by Gasteiger charge is -2.24. The van der Waals surface area contributed by atoms with E-state index in [1.165, 1.54) is 25.7 Å². The molecule has 0 aromatic rings. The first-order valence-electron chi connectivity index (χ1n) is 6.76. The van der Waals surface area contributed by atoms with Crippen LogP contribution in [0.3, 0.4) is 0 Å². The van der Waals surface area contributed by atoms with Crippen LogP contribution in [0.2, 0.25) is 0 Å². The van der Waals surface area contributed by atoms with E-state index in [4.69, 9.17) is 5.73 Å². The van der Waals surface area contributed by atoms with Crippen LogP contribution in [0.4, 0.5) is 0 Å². The summed E-state index contributed by atoms with van der Waals surface area (Å²) < 4.78 is 0. The van der Waals surface area contributed by atoms with Crippen LogP contribution in [0.5, 0.6) is 0 Å². The van der Waals surface area contributed by atoms with Crippen LogP contribution in [0.1, 0.15) is 39.5 Å². The van der Waals surface area contributed by atoms with E-state index in [2.05, 4.69) is 17.3 Å². The Morgan fingerprint density at radius 3 is 2.32 bits per heavy atom. The maximum absolute atomic E-state index is 11.7. The van der Waals surface area contributed by atoms with Gasteiger partial charge in [0, 0.05) is 31.1 Å². The predicted octanol–water partition coefficient (Wildman–Crippen LogP) is 1.80. The van der Waals surface area contributed by atoms with Gasteiger partial charge in [0.15, 0.2) is 0 Å². The molecule has 0 heterocycles. The summed E-state index contributed by atoms with van der Waals surface area (Å²) in [6, 6.07) is 0.639. The first-order chi connectivity index (χ1) is 8.02. The number of hydrogen-bond donors (Lipinski definition) is 2. The van der Waals surface area contributed by atoms with Gasteiger partial charge in [-0.25, -0.2) is 0 Å². The predicted molar refractivity (Wildman–Crippen MR) is 85.2 cm³/mol. The first kappa shape index (κ1) is 21.3. The number of amides is 1. The maximum Gasteiger partial charge on any atom is 0.224 e. The normalized spacial score (nSPS) is 18.4. The quantitative estimate of drug-likeness (QED) is 0.786. The lowest BCUT2D eigenvalue weighted by Crippen LogP contribution is -2.42. The molecule has 0 aromatic heterocycles. The van der Waals surface area contributed by atoms with Gasteiger partial charge in [-0.3, -0.25) is 4.79 Å². The number of nitrogens with zero attached hydrogens (tertiary/aromatic N) is 1. The molecule has 0 spiro atoms. The molecule has 1 fully saturated rings. The van der Waals surface area contributed by atoms with Gasteiger partial charge in [0.05, 0.1) is 0 Å². The largest absolute Gasteiger partial charge is 0.355 e. The third-order valence-electron chi connectivity index (χ3n) is 3.91. The number of nitrogens with two attached hydrogens (primary N) is 1. The van der Waals surface area contributed by atoms with Crippen molar-refractivity contribution in [3.8, 4) is 0 Å². The van der Waals surface area contributed by atoms with E-state index in [-0.39, 0.29) is 42.7 Å². The van der Waals surface area contributed by atoms with Gasteiger partial charge in [-0.1, -0.05) is 19.8 Å². The molecule has 2 unspecified atom stereocenters. The summed E-state index contributed by atoms with van der Waals surface area (Å²) in [6.07, 6.45) is 5.31. The Bertz CT molecular complexity index is 246. The smallest absolute Gasteiger partial charge is 0.224 e. The highest BCUT2D eigenvalue weighted by atomic mass is 35.5. The zero-order valence-electron chi connectivity index (χ0n) is 12.2. The molecule has 0 radical (unpaired) electrons. The van der Waals surface area contributed by atoms with Gasteiger partial charge < -0.3 is 16.0 Å². The molecule has 1 aliphatic rings. The molecule has 0 saturated heterocycles. The first-order valence-corrected chi connectivity index (χ1v) is 6.76. The van der Waals surface area contributed by atoms with Crippen LogP contribution in [0.15, 0.2) is 0 Å². The molecule has 1 saturated carbocycles. The Hall–Kier alpha value is -0.0300. The lowest BCUT2D eigenvalue weighted by molar-refractivity contribution is -0.124. The molecular weight excluding hydrogens is 285 g/mol. The third-order valence-corrected chi connectivity index (χ3v) is 3.91. The topological polar surface area (TPSA) is 58.4 Å². The average molecular weight is 314 g/mol. The van der Waals surface area contributed by atoms with E-state index >= 15 is 0 Å². The molecule has 3 N–H and O–H groups in total. The summed E-state index contributed by atoms with van der Waals surface area (Å²) in [7, 11) is 2.15. The van der Waals surface area contributed by atoms with Crippen molar-refractivity contribution in [3.05, 3.63) is 0 Å². The molecule has 1 amide bonds. The van der Waals surface area contributed by atoms with Gasteiger partial charge in [-0.05, 0) is 26.8 Å². The fourth-order valence-electron chi connectivity index (χ4n) is 2.28. The summed E-state index contributed by atoms with van der Waals surface area (Å²) in [6.45, 7) is 5.40. The second-order valence-corrected chi connectivity index (χ2v) is 5.36. The molecule has 1 aliphatic carbocycles. The molecule has 0 aromatic carbocycles. The van der Waals surface area contributed by atoms with E-state index in [1.807, 2.05) is 13.8 Å². The Morgan fingerprint density at radius 1 is 1.32 bits per heavy atom. The Morgan fingerprint density at radius 2 is 1.84 bits per heavy atom. The Labute approximate surface area is 129 Å². The van der Waals surface area contributed by atoms with Crippen LogP contribution in [0.25, 0.3) is 0 Å². The van der Waals surface area contributed by atoms with E-state index in [1.54, 1.807) is 0 Å². The highest BCUT2D eigenvalue weighted by Crippen LogP contribution is 2.21. The molecule has 0 aliphatic heterocycles. The Kier molecular flexibility index (Phi) is 12.0. The highest BCUT2D eigenvalue weighted by Gasteiger charge is 2.20. The number of nitrogens with one attached hydrogen (secondary N) is 1. The van der Waals surface area contributed by atoms with Crippen molar-refractivity contribution in [2.24, 2.45) is 11.7 Å². The fraction of sp³-hybridized carbons (Fsp3) is 0.923. The van der Waals surface area contributed by atoms with Crippen molar-refractivity contribution in [2.75, 3.05) is 20.1 Å². The van der Waals surface area contributed by atoms with Crippen molar-refractivity contribution in [2.45, 2.75) is 51.6 Å². The van der Waals surface area contributed by atoms with Gasteiger partial charge in [-0.2, -0.15) is 0 Å². The number of rotatable bonds is 6. The third kappa shape index (κ3) is 7.35. The molecular formula is C13H29Cl2N3O. The zero-order chi connectivity index (χ0) is 12.8. The molecule has 116 valence electrons. The second-order valence-electron chi connectivity index (χ2n) is 5.36. The van der Waals surface area contributed by atoms with Crippen molar-refractivity contribution in [1.29, 1.82) is 0 Å². The van der Waals surface area contributed by atoms with Crippen molar-refractivity contribution in [3.63, 3.8) is 0 Å². The number of hydrogen-bond acceptors (Lipinski definition) is 3. The van der Waals surface area contributed by atoms with E-state index in [9.17, 15) is 4.79 Å². The standard InChI is InChI=1S/C13H27N3O.2ClH/c1-10(11(2)14)13(17)15-8-9-16(3)12-6-4-5-7-12;;/h10-12H,4-9,14H2,1-3H3,(H,15,17);2*1H. The van der Waals surface area contributed by atoms with Crippen molar-refractivity contribution < 1.29 is 4.79 Å². The number of carbonyl (C=O) groups is 1. The number of likely N-dealkylation sites (N-methyl/N-ethyl adjacent to an activating group) is 1. The molecule has 0 bridgehead atoms. The summed E-state index contributed by atoms with van der Waals surface area (Å²) >= 11 is 0. The van der Waals surface area contributed by atoms with Crippen LogP contribution < -0.4 is 11.1 Å². The molecule has 4 nitrogen and oxygen atoms in total. The van der Waals surface area contributed by atoms with Gasteiger partial charge in [0.25, 0.3) is 0 Å². The SMILES string of the molecule is CC(N)C(C)C(=O)NCCN(C)C1CCCC1.Cl.Cl. The highest BCUT2D eigenvalue weighted by molar-refractivity contribution is 5.85. The lowest BCUT2D eigenvalue weighted by atomic mass is 10.0. The van der Waals surface area contributed by atoms with Crippen molar-refractivity contribution >= 4 is 30.7 Å².